The molecule has 0 amide bonds. The zero-order valence-corrected chi connectivity index (χ0v) is 12.3. The van der Waals surface area contributed by atoms with Crippen molar-refractivity contribution in [2.45, 2.75) is 19.0 Å². The van der Waals surface area contributed by atoms with E-state index < -0.39 is 0 Å². The number of aromatic nitrogens is 1. The van der Waals surface area contributed by atoms with E-state index in [9.17, 15) is 0 Å². The lowest BCUT2D eigenvalue weighted by atomic mass is 10.0. The zero-order chi connectivity index (χ0) is 14.2. The van der Waals surface area contributed by atoms with Gasteiger partial charge in [-0.05, 0) is 38.2 Å². The summed E-state index contributed by atoms with van der Waals surface area (Å²) < 4.78 is 0. The fraction of sp³-hybridized carbons (Fsp3) is 0.353. The zero-order valence-electron chi connectivity index (χ0n) is 12.3. The van der Waals surface area contributed by atoms with Crippen molar-refractivity contribution in [3.8, 4) is 0 Å². The molecule has 0 aliphatic rings. The van der Waals surface area contributed by atoms with Crippen molar-refractivity contribution in [1.29, 1.82) is 0 Å². The highest BCUT2D eigenvalue weighted by atomic mass is 15.1. The van der Waals surface area contributed by atoms with Crippen molar-refractivity contribution in [3.05, 3.63) is 66.0 Å². The molecule has 3 heteroatoms. The van der Waals surface area contributed by atoms with Crippen LogP contribution < -0.4 is 5.32 Å². The highest BCUT2D eigenvalue weighted by Crippen LogP contribution is 2.16. The molecule has 0 radical (unpaired) electrons. The van der Waals surface area contributed by atoms with Crippen LogP contribution in [0.4, 0.5) is 0 Å². The van der Waals surface area contributed by atoms with Gasteiger partial charge in [0.25, 0.3) is 0 Å². The Kier molecular flexibility index (Phi) is 5.71. The standard InChI is InChI=1S/C17H23N3/c1-18-17(15-8-4-3-5-9-15)11-13-20(2)14-16-10-6-7-12-19-16/h3-10,12,17-18H,11,13-14H2,1-2H3. The van der Waals surface area contributed by atoms with Crippen molar-refractivity contribution >= 4 is 0 Å². The van der Waals surface area contributed by atoms with Gasteiger partial charge in [0.1, 0.15) is 0 Å². The molecule has 0 spiro atoms. The molecule has 0 fully saturated rings. The fourth-order valence-corrected chi connectivity index (χ4v) is 2.36. The predicted molar refractivity (Wildman–Crippen MR) is 83.4 cm³/mol. The van der Waals surface area contributed by atoms with Gasteiger partial charge in [-0.3, -0.25) is 4.98 Å². The third kappa shape index (κ3) is 4.44. The summed E-state index contributed by atoms with van der Waals surface area (Å²) in [5, 5.41) is 3.40. The molecule has 2 rings (SSSR count). The highest BCUT2D eigenvalue weighted by molar-refractivity contribution is 5.18. The third-order valence-electron chi connectivity index (χ3n) is 3.51. The SMILES string of the molecule is CNC(CCN(C)Cc1ccccn1)c1ccccc1. The average molecular weight is 269 g/mol. The summed E-state index contributed by atoms with van der Waals surface area (Å²) in [6.45, 7) is 1.93. The van der Waals surface area contributed by atoms with Crippen LogP contribution in [-0.4, -0.2) is 30.5 Å². The number of pyridine rings is 1. The number of benzene rings is 1. The molecule has 106 valence electrons. The first-order valence-electron chi connectivity index (χ1n) is 7.10. The summed E-state index contributed by atoms with van der Waals surface area (Å²) in [4.78, 5) is 6.68. The van der Waals surface area contributed by atoms with Crippen molar-refractivity contribution < 1.29 is 0 Å². The van der Waals surface area contributed by atoms with Gasteiger partial charge >= 0.3 is 0 Å². The summed E-state index contributed by atoms with van der Waals surface area (Å²) in [5.41, 5.74) is 2.47. The first kappa shape index (κ1) is 14.7. The van der Waals surface area contributed by atoms with Crippen LogP contribution in [0.15, 0.2) is 54.7 Å². The van der Waals surface area contributed by atoms with E-state index in [4.69, 9.17) is 0 Å². The second-order valence-corrected chi connectivity index (χ2v) is 5.10. The number of rotatable bonds is 7. The summed E-state index contributed by atoms with van der Waals surface area (Å²) in [6.07, 6.45) is 2.94. The molecular weight excluding hydrogens is 246 g/mol. The summed E-state index contributed by atoms with van der Waals surface area (Å²) >= 11 is 0. The van der Waals surface area contributed by atoms with Gasteiger partial charge in [0.05, 0.1) is 5.69 Å². The Balaban J connectivity index is 1.84. The normalized spacial score (nSPS) is 12.6. The van der Waals surface area contributed by atoms with Gasteiger partial charge in [-0.15, -0.1) is 0 Å². The Bertz CT molecular complexity index is 484. The molecule has 1 N–H and O–H groups in total. The van der Waals surface area contributed by atoms with E-state index in [0.29, 0.717) is 6.04 Å². The van der Waals surface area contributed by atoms with Crippen LogP contribution >= 0.6 is 0 Å². The van der Waals surface area contributed by atoms with Crippen LogP contribution in [0.5, 0.6) is 0 Å². The number of hydrogen-bond acceptors (Lipinski definition) is 3. The Morgan fingerprint density at radius 1 is 1.10 bits per heavy atom. The van der Waals surface area contributed by atoms with E-state index in [1.807, 2.05) is 25.4 Å². The third-order valence-corrected chi connectivity index (χ3v) is 3.51. The molecule has 0 saturated carbocycles. The minimum atomic E-state index is 0.405. The molecule has 1 aromatic heterocycles. The first-order valence-corrected chi connectivity index (χ1v) is 7.10. The van der Waals surface area contributed by atoms with E-state index in [0.717, 1.165) is 25.2 Å². The summed E-state index contributed by atoms with van der Waals surface area (Å²) in [6, 6.07) is 17.1. The maximum absolute atomic E-state index is 4.37. The van der Waals surface area contributed by atoms with Crippen molar-refractivity contribution in [2.75, 3.05) is 20.6 Å². The largest absolute Gasteiger partial charge is 0.313 e. The topological polar surface area (TPSA) is 28.2 Å². The molecule has 1 atom stereocenters. The molecule has 1 heterocycles. The molecule has 3 nitrogen and oxygen atoms in total. The van der Waals surface area contributed by atoms with Gasteiger partial charge in [-0.2, -0.15) is 0 Å². The van der Waals surface area contributed by atoms with Crippen molar-refractivity contribution in [3.63, 3.8) is 0 Å². The number of nitrogens with zero attached hydrogens (tertiary/aromatic N) is 2. The van der Waals surface area contributed by atoms with Gasteiger partial charge in [-0.25, -0.2) is 0 Å². The van der Waals surface area contributed by atoms with Crippen LogP contribution in [0, 0.1) is 0 Å². The Hall–Kier alpha value is -1.71. The maximum Gasteiger partial charge on any atom is 0.0543 e. The fourth-order valence-electron chi connectivity index (χ4n) is 2.36. The maximum atomic E-state index is 4.37. The van der Waals surface area contributed by atoms with Crippen LogP contribution in [0.3, 0.4) is 0 Å². The van der Waals surface area contributed by atoms with Gasteiger partial charge in [-0.1, -0.05) is 36.4 Å². The van der Waals surface area contributed by atoms with E-state index in [1.165, 1.54) is 5.56 Å². The highest BCUT2D eigenvalue weighted by Gasteiger charge is 2.10. The Labute approximate surface area is 121 Å². The lowest BCUT2D eigenvalue weighted by Gasteiger charge is -2.21. The van der Waals surface area contributed by atoms with E-state index in [-0.39, 0.29) is 0 Å². The lowest BCUT2D eigenvalue weighted by Crippen LogP contribution is -2.25. The van der Waals surface area contributed by atoms with Crippen molar-refractivity contribution in [1.82, 2.24) is 15.2 Å². The number of nitrogens with one attached hydrogen (secondary N) is 1. The molecule has 0 saturated heterocycles. The molecule has 2 aromatic rings. The lowest BCUT2D eigenvalue weighted by molar-refractivity contribution is 0.300. The van der Waals surface area contributed by atoms with Gasteiger partial charge < -0.3 is 10.2 Å². The van der Waals surface area contributed by atoms with Crippen LogP contribution in [0.2, 0.25) is 0 Å². The second-order valence-electron chi connectivity index (χ2n) is 5.10. The molecular formula is C17H23N3. The first-order chi connectivity index (χ1) is 9.79. The molecule has 0 aliphatic heterocycles. The minimum absolute atomic E-state index is 0.405. The molecule has 1 aromatic carbocycles. The predicted octanol–water partition coefficient (Wildman–Crippen LogP) is 2.86. The van der Waals surface area contributed by atoms with Gasteiger partial charge in [0, 0.05) is 25.3 Å². The smallest absolute Gasteiger partial charge is 0.0543 e. The average Bonchev–Trinajstić information content (AvgIpc) is 2.50. The monoisotopic (exact) mass is 269 g/mol. The van der Waals surface area contributed by atoms with Crippen LogP contribution in [-0.2, 0) is 6.54 Å². The molecule has 0 aliphatic carbocycles. The second kappa shape index (κ2) is 7.78. The Morgan fingerprint density at radius 2 is 1.85 bits per heavy atom. The molecule has 20 heavy (non-hydrogen) atoms. The number of hydrogen-bond donors (Lipinski definition) is 1. The summed E-state index contributed by atoms with van der Waals surface area (Å²) in [7, 11) is 4.17. The Morgan fingerprint density at radius 3 is 2.50 bits per heavy atom. The van der Waals surface area contributed by atoms with E-state index >= 15 is 0 Å². The van der Waals surface area contributed by atoms with Crippen LogP contribution in [0.1, 0.15) is 23.7 Å². The van der Waals surface area contributed by atoms with Crippen LogP contribution in [0.25, 0.3) is 0 Å². The van der Waals surface area contributed by atoms with E-state index in [1.54, 1.807) is 0 Å². The van der Waals surface area contributed by atoms with E-state index in [2.05, 4.69) is 58.6 Å². The summed E-state index contributed by atoms with van der Waals surface area (Å²) in [5.74, 6) is 0. The van der Waals surface area contributed by atoms with Crippen molar-refractivity contribution in [2.24, 2.45) is 0 Å². The van der Waals surface area contributed by atoms with Gasteiger partial charge in [0.2, 0.25) is 0 Å². The quantitative estimate of drug-likeness (QED) is 0.837. The molecule has 1 unspecified atom stereocenters. The van der Waals surface area contributed by atoms with Gasteiger partial charge in [0.15, 0.2) is 0 Å². The minimum Gasteiger partial charge on any atom is -0.313 e. The molecule has 0 bridgehead atoms.